The van der Waals surface area contributed by atoms with Crippen molar-refractivity contribution in [2.75, 3.05) is 0 Å². The molecule has 4 atom stereocenters. The minimum atomic E-state index is 0.409. The Balaban J connectivity index is 0.858. The number of allylic oxidation sites excluding steroid dienone is 12. The van der Waals surface area contributed by atoms with Crippen LogP contribution in [0.2, 0.25) is 0 Å². The van der Waals surface area contributed by atoms with Crippen molar-refractivity contribution < 1.29 is 8.83 Å². The second kappa shape index (κ2) is 13.1. The fourth-order valence-electron chi connectivity index (χ4n) is 12.6. The summed E-state index contributed by atoms with van der Waals surface area (Å²) < 4.78 is 16.1. The van der Waals surface area contributed by atoms with Crippen molar-refractivity contribution in [1.29, 1.82) is 0 Å². The first-order valence-electron chi connectivity index (χ1n) is 22.7. The van der Waals surface area contributed by atoms with Crippen LogP contribution in [0.1, 0.15) is 116 Å². The molecule has 9 aliphatic carbocycles. The van der Waals surface area contributed by atoms with Gasteiger partial charge in [0.1, 0.15) is 23.0 Å². The largest absolute Gasteiger partial charge is 0.465 e. The van der Waals surface area contributed by atoms with E-state index in [2.05, 4.69) is 107 Å². The van der Waals surface area contributed by atoms with E-state index in [1.165, 1.54) is 110 Å². The molecule has 0 bridgehead atoms. The van der Waals surface area contributed by atoms with Crippen molar-refractivity contribution in [3.05, 3.63) is 151 Å². The average molecular weight is 761 g/mol. The molecular weight excluding hydrogens is 709 g/mol. The molecule has 0 amide bonds. The van der Waals surface area contributed by atoms with E-state index in [1.807, 2.05) is 0 Å². The molecule has 3 aromatic rings. The lowest BCUT2D eigenvalue weighted by Gasteiger charge is -2.37. The number of aryl methyl sites for hydroxylation is 4. The van der Waals surface area contributed by atoms with Gasteiger partial charge in [-0.05, 0) is 118 Å². The Labute approximate surface area is 341 Å². The highest BCUT2D eigenvalue weighted by Crippen LogP contribution is 2.51. The number of rotatable bonds is 4. The molecule has 1 aliphatic heterocycles. The third kappa shape index (κ3) is 5.05. The molecule has 0 saturated heterocycles. The summed E-state index contributed by atoms with van der Waals surface area (Å²) in [7, 11) is 0. The van der Waals surface area contributed by atoms with Gasteiger partial charge in [-0.15, -0.1) is 0 Å². The summed E-state index contributed by atoms with van der Waals surface area (Å²) in [6.45, 7) is 0. The molecule has 0 aromatic carbocycles. The van der Waals surface area contributed by atoms with Crippen molar-refractivity contribution >= 4 is 36.1 Å². The molecule has 10 aliphatic rings. The quantitative estimate of drug-likeness (QED) is 0.266. The summed E-state index contributed by atoms with van der Waals surface area (Å²) in [5.41, 5.74) is 17.4. The molecule has 0 spiro atoms. The van der Waals surface area contributed by atoms with Crippen LogP contribution in [0.25, 0.3) is 47.2 Å². The van der Waals surface area contributed by atoms with E-state index in [-0.39, 0.29) is 0 Å². The Morgan fingerprint density at radius 2 is 1.47 bits per heavy atom. The zero-order chi connectivity index (χ0) is 37.9. The Bertz CT molecular complexity index is 2760. The van der Waals surface area contributed by atoms with Gasteiger partial charge in [0.05, 0.1) is 12.1 Å². The van der Waals surface area contributed by atoms with Crippen molar-refractivity contribution in [2.24, 2.45) is 11.8 Å². The number of fused-ring (bicyclic) bond motifs is 12. The summed E-state index contributed by atoms with van der Waals surface area (Å²) in [4.78, 5) is 2.80. The second-order valence-corrected chi connectivity index (χ2v) is 18.3. The van der Waals surface area contributed by atoms with Gasteiger partial charge in [0.2, 0.25) is 0 Å². The van der Waals surface area contributed by atoms with E-state index in [9.17, 15) is 0 Å². The van der Waals surface area contributed by atoms with Crippen LogP contribution >= 0.6 is 0 Å². The van der Waals surface area contributed by atoms with E-state index < -0.39 is 0 Å². The van der Waals surface area contributed by atoms with Crippen LogP contribution < -0.4 is 10.6 Å². The average Bonchev–Trinajstić information content (AvgIpc) is 4.03. The lowest BCUT2D eigenvalue weighted by atomic mass is 9.79. The minimum absolute atomic E-state index is 0.409. The normalized spacial score (nSPS) is 27.1. The standard InChI is InChI=1S/C54H52N2O2/c1-3-11-37(12-4-1)55-45-17-9-7-15-39(45)41-29-33(19-23-47(41)55)35-21-25-49-43(31-35)53-51(57-49)27-28-52-54(53)44-32-36(22-26-50(44)58-52)34-20-24-48-42(30-34)40-16-8-10-18-46(40)56(48)38-13-5-2-6-14-38/h1,3-5,10-11,13-14,18-19,23-24,29-32,34,37,41,47H,2,6-9,12,15-17,20-22,25-28H2. The van der Waals surface area contributed by atoms with Crippen LogP contribution in [0.15, 0.2) is 104 Å². The molecule has 13 rings (SSSR count). The van der Waals surface area contributed by atoms with Crippen LogP contribution in [0.3, 0.4) is 0 Å². The maximum absolute atomic E-state index is 6.79. The van der Waals surface area contributed by atoms with Gasteiger partial charge in [0.15, 0.2) is 0 Å². The fourth-order valence-corrected chi connectivity index (χ4v) is 12.6. The lowest BCUT2D eigenvalue weighted by Crippen LogP contribution is -2.40. The third-order valence-corrected chi connectivity index (χ3v) is 15.2. The molecule has 0 fully saturated rings. The van der Waals surface area contributed by atoms with Gasteiger partial charge < -0.3 is 18.3 Å². The predicted octanol–water partition coefficient (Wildman–Crippen LogP) is 11.0. The van der Waals surface area contributed by atoms with Crippen molar-refractivity contribution in [3.63, 3.8) is 0 Å². The molecule has 3 aromatic heterocycles. The molecule has 0 radical (unpaired) electrons. The molecule has 4 heterocycles. The van der Waals surface area contributed by atoms with Crippen LogP contribution in [-0.4, -0.2) is 21.6 Å². The maximum atomic E-state index is 6.79. The van der Waals surface area contributed by atoms with Crippen molar-refractivity contribution in [3.8, 4) is 11.1 Å². The van der Waals surface area contributed by atoms with Crippen LogP contribution in [-0.2, 0) is 32.1 Å². The first-order chi connectivity index (χ1) is 28.7. The highest BCUT2D eigenvalue weighted by Gasteiger charge is 2.43. The third-order valence-electron chi connectivity index (χ3n) is 15.2. The molecule has 0 saturated carbocycles. The van der Waals surface area contributed by atoms with E-state index >= 15 is 0 Å². The Kier molecular flexibility index (Phi) is 7.64. The second-order valence-electron chi connectivity index (χ2n) is 18.3. The van der Waals surface area contributed by atoms with E-state index in [4.69, 9.17) is 8.83 Å². The highest BCUT2D eigenvalue weighted by molar-refractivity contribution is 5.89. The van der Waals surface area contributed by atoms with Crippen LogP contribution in [0.4, 0.5) is 0 Å². The molecule has 58 heavy (non-hydrogen) atoms. The summed E-state index contributed by atoms with van der Waals surface area (Å²) in [5.74, 6) is 5.58. The maximum Gasteiger partial charge on any atom is 0.113 e. The van der Waals surface area contributed by atoms with E-state index in [0.29, 0.717) is 23.9 Å². The van der Waals surface area contributed by atoms with Crippen LogP contribution in [0, 0.1) is 11.8 Å². The van der Waals surface area contributed by atoms with Crippen molar-refractivity contribution in [2.45, 2.75) is 115 Å². The van der Waals surface area contributed by atoms with E-state index in [0.717, 1.165) is 77.0 Å². The summed E-state index contributed by atoms with van der Waals surface area (Å²) in [6.07, 6.45) is 56.7. The smallest absolute Gasteiger partial charge is 0.113 e. The van der Waals surface area contributed by atoms with Gasteiger partial charge in [-0.2, -0.15) is 0 Å². The monoisotopic (exact) mass is 760 g/mol. The Morgan fingerprint density at radius 3 is 2.31 bits per heavy atom. The molecular formula is C54H52N2O2. The minimum Gasteiger partial charge on any atom is -0.465 e. The number of hydrogen-bond donors (Lipinski definition) is 0. The first-order valence-corrected chi connectivity index (χ1v) is 22.7. The summed E-state index contributed by atoms with van der Waals surface area (Å²) in [6, 6.07) is 0.911. The summed E-state index contributed by atoms with van der Waals surface area (Å²) >= 11 is 0. The SMILES string of the molecule is C1=CCC(N2C3=C(CCCC3)C3C=C(C4=Cc5c(oc6c5-c5c(oc7c5C=C(C5C=c8c9c(n(C%10=CCCC=C%10)c8=CC5)C=CCC9)CC7)CC6)CC4)C=CC32)C=C1. The molecule has 4 nitrogen and oxygen atoms in total. The van der Waals surface area contributed by atoms with Gasteiger partial charge in [-0.3, -0.25) is 0 Å². The van der Waals surface area contributed by atoms with Gasteiger partial charge in [0.25, 0.3) is 0 Å². The zero-order valence-corrected chi connectivity index (χ0v) is 33.6. The Hall–Kier alpha value is -5.22. The lowest BCUT2D eigenvalue weighted by molar-refractivity contribution is 0.243. The van der Waals surface area contributed by atoms with Gasteiger partial charge in [0, 0.05) is 87.4 Å². The fraction of sp³-hybridized carbons (Fsp3) is 0.370. The van der Waals surface area contributed by atoms with Gasteiger partial charge in [-0.1, -0.05) is 84.6 Å². The Morgan fingerprint density at radius 1 is 0.638 bits per heavy atom. The molecule has 290 valence electrons. The number of nitrogens with zero attached hydrogens (tertiary/aromatic N) is 2. The van der Waals surface area contributed by atoms with Crippen molar-refractivity contribution in [1.82, 2.24) is 9.47 Å². The van der Waals surface area contributed by atoms with Gasteiger partial charge >= 0.3 is 0 Å². The predicted molar refractivity (Wildman–Crippen MR) is 236 cm³/mol. The highest BCUT2D eigenvalue weighted by atomic mass is 16.4. The molecule has 4 heteroatoms. The van der Waals surface area contributed by atoms with E-state index in [1.54, 1.807) is 16.8 Å². The topological polar surface area (TPSA) is 34.5 Å². The first kappa shape index (κ1) is 33.7. The number of hydrogen-bond acceptors (Lipinski definition) is 3. The summed E-state index contributed by atoms with van der Waals surface area (Å²) in [5, 5.41) is 2.88. The number of aromatic nitrogens is 1. The zero-order valence-electron chi connectivity index (χ0n) is 33.6. The molecule has 4 unspecified atom stereocenters. The van der Waals surface area contributed by atoms with Crippen LogP contribution in [0.5, 0.6) is 0 Å². The molecule has 0 N–H and O–H groups in total. The number of furan rings is 2. The van der Waals surface area contributed by atoms with Gasteiger partial charge in [-0.25, -0.2) is 0 Å².